The summed E-state index contributed by atoms with van der Waals surface area (Å²) >= 11 is 0. The van der Waals surface area contributed by atoms with Crippen molar-refractivity contribution in [3.8, 4) is 0 Å². The molecule has 0 spiro atoms. The molecule has 3 rings (SSSR count). The highest BCUT2D eigenvalue weighted by atomic mass is 16.5. The van der Waals surface area contributed by atoms with Gasteiger partial charge in [0.2, 0.25) is 0 Å². The Bertz CT molecular complexity index is 654. The molecule has 23 heavy (non-hydrogen) atoms. The zero-order valence-corrected chi connectivity index (χ0v) is 13.4. The molecule has 0 unspecified atom stereocenters. The van der Waals surface area contributed by atoms with Crippen molar-refractivity contribution in [2.75, 3.05) is 13.7 Å². The normalized spacial score (nSPS) is 20.8. The first-order valence-corrected chi connectivity index (χ1v) is 7.86. The van der Waals surface area contributed by atoms with Gasteiger partial charge < -0.3 is 19.8 Å². The number of urea groups is 1. The molecule has 0 saturated heterocycles. The number of fused-ring (bicyclic) bond motifs is 1. The van der Waals surface area contributed by atoms with Crippen molar-refractivity contribution in [2.24, 2.45) is 5.92 Å². The zero-order valence-electron chi connectivity index (χ0n) is 13.4. The molecule has 5 nitrogen and oxygen atoms in total. The Morgan fingerprint density at radius 1 is 1.35 bits per heavy atom. The van der Waals surface area contributed by atoms with Gasteiger partial charge in [0.1, 0.15) is 11.8 Å². The van der Waals surface area contributed by atoms with Crippen LogP contribution in [-0.4, -0.2) is 19.7 Å². The molecule has 0 fully saturated rings. The predicted octanol–water partition coefficient (Wildman–Crippen LogP) is 3.20. The molecule has 0 aliphatic heterocycles. The Kier molecular flexibility index (Phi) is 4.67. The average Bonchev–Trinajstić information content (AvgIpc) is 3.16. The Hall–Kier alpha value is -2.27. The fraction of sp³-hybridized carbons (Fsp3) is 0.389. The molecular formula is C18H22N2O3. The number of hydrogen-bond donors (Lipinski definition) is 2. The summed E-state index contributed by atoms with van der Waals surface area (Å²) in [6.45, 7) is 2.52. The third kappa shape index (κ3) is 3.40. The number of methoxy groups -OCH3 is 1. The topological polar surface area (TPSA) is 63.5 Å². The number of ether oxygens (including phenoxy) is 1. The summed E-state index contributed by atoms with van der Waals surface area (Å²) in [5.74, 6) is 1.06. The quantitative estimate of drug-likeness (QED) is 0.891. The molecule has 2 N–H and O–H groups in total. The van der Waals surface area contributed by atoms with Gasteiger partial charge in [0.25, 0.3) is 0 Å². The maximum atomic E-state index is 12.4. The lowest BCUT2D eigenvalue weighted by Gasteiger charge is -2.22. The first kappa shape index (κ1) is 15.6. The van der Waals surface area contributed by atoms with Crippen molar-refractivity contribution in [3.05, 3.63) is 59.5 Å². The van der Waals surface area contributed by atoms with Gasteiger partial charge in [0, 0.05) is 7.11 Å². The highest BCUT2D eigenvalue weighted by Crippen LogP contribution is 2.35. The summed E-state index contributed by atoms with van der Waals surface area (Å²) < 4.78 is 10.5. The smallest absolute Gasteiger partial charge is 0.315 e. The molecule has 1 heterocycles. The number of benzene rings is 1. The van der Waals surface area contributed by atoms with Crippen molar-refractivity contribution in [1.82, 2.24) is 10.6 Å². The van der Waals surface area contributed by atoms with Crippen LogP contribution in [0.25, 0.3) is 0 Å². The van der Waals surface area contributed by atoms with Gasteiger partial charge >= 0.3 is 6.03 Å². The lowest BCUT2D eigenvalue weighted by atomic mass is 10.0. The third-order valence-electron chi connectivity index (χ3n) is 4.31. The van der Waals surface area contributed by atoms with Crippen molar-refractivity contribution < 1.29 is 13.9 Å². The van der Waals surface area contributed by atoms with Crippen LogP contribution in [0.4, 0.5) is 4.79 Å². The van der Waals surface area contributed by atoms with Crippen LogP contribution < -0.4 is 10.6 Å². The molecule has 1 aliphatic rings. The van der Waals surface area contributed by atoms with Crippen LogP contribution in [0.1, 0.15) is 35.9 Å². The molecule has 3 atom stereocenters. The van der Waals surface area contributed by atoms with Gasteiger partial charge in [0.15, 0.2) is 0 Å². The van der Waals surface area contributed by atoms with E-state index in [4.69, 9.17) is 9.15 Å². The minimum Gasteiger partial charge on any atom is -0.467 e. The van der Waals surface area contributed by atoms with Gasteiger partial charge in [-0.2, -0.15) is 0 Å². The van der Waals surface area contributed by atoms with Gasteiger partial charge in [-0.3, -0.25) is 0 Å². The van der Waals surface area contributed by atoms with Gasteiger partial charge in [-0.15, -0.1) is 0 Å². The zero-order chi connectivity index (χ0) is 16.2. The van der Waals surface area contributed by atoms with Crippen LogP contribution in [0.3, 0.4) is 0 Å². The minimum absolute atomic E-state index is 0.0333. The second kappa shape index (κ2) is 6.87. The third-order valence-corrected chi connectivity index (χ3v) is 4.31. The summed E-state index contributed by atoms with van der Waals surface area (Å²) in [4.78, 5) is 12.4. The molecule has 1 aromatic heterocycles. The van der Waals surface area contributed by atoms with E-state index >= 15 is 0 Å². The number of nitrogens with one attached hydrogen (secondary N) is 2. The number of carbonyl (C=O) groups excluding carboxylic acids is 1. The van der Waals surface area contributed by atoms with E-state index in [9.17, 15) is 4.79 Å². The molecule has 1 aliphatic carbocycles. The SMILES string of the molecule is COC[C@H](NC(=O)N[C@H]1c2ccccc2C[C@@H]1C)c1ccco1. The predicted molar refractivity (Wildman–Crippen MR) is 87.0 cm³/mol. The summed E-state index contributed by atoms with van der Waals surface area (Å²) in [5.41, 5.74) is 2.52. The summed E-state index contributed by atoms with van der Waals surface area (Å²) in [7, 11) is 1.60. The van der Waals surface area contributed by atoms with Crippen LogP contribution in [-0.2, 0) is 11.2 Å². The van der Waals surface area contributed by atoms with E-state index in [1.807, 2.05) is 18.2 Å². The Balaban J connectivity index is 1.67. The summed E-state index contributed by atoms with van der Waals surface area (Å²) in [5, 5.41) is 6.02. The summed E-state index contributed by atoms with van der Waals surface area (Å²) in [6, 6.07) is 11.4. The average molecular weight is 314 g/mol. The summed E-state index contributed by atoms with van der Waals surface area (Å²) in [6.07, 6.45) is 2.58. The Morgan fingerprint density at radius 3 is 2.91 bits per heavy atom. The van der Waals surface area contributed by atoms with Crippen molar-refractivity contribution in [3.63, 3.8) is 0 Å². The van der Waals surface area contributed by atoms with E-state index < -0.39 is 0 Å². The maximum absolute atomic E-state index is 12.4. The monoisotopic (exact) mass is 314 g/mol. The van der Waals surface area contributed by atoms with E-state index in [-0.39, 0.29) is 18.1 Å². The highest BCUT2D eigenvalue weighted by Gasteiger charge is 2.30. The van der Waals surface area contributed by atoms with E-state index in [1.165, 1.54) is 11.1 Å². The molecule has 1 aromatic carbocycles. The molecule has 2 amide bonds. The van der Waals surface area contributed by atoms with Crippen LogP contribution in [0.5, 0.6) is 0 Å². The first-order valence-electron chi connectivity index (χ1n) is 7.86. The standard InChI is InChI=1S/C18H22N2O3/c1-12-10-13-6-3-4-7-14(13)17(12)20-18(21)19-15(11-22-2)16-8-5-9-23-16/h3-9,12,15,17H,10-11H2,1-2H3,(H2,19,20,21)/t12-,15-,17+/m0/s1. The second-order valence-electron chi connectivity index (χ2n) is 6.00. The molecule has 0 bridgehead atoms. The fourth-order valence-corrected chi connectivity index (χ4v) is 3.21. The molecule has 0 saturated carbocycles. The minimum atomic E-state index is -0.304. The lowest BCUT2D eigenvalue weighted by molar-refractivity contribution is 0.156. The molecule has 5 heteroatoms. The molecule has 122 valence electrons. The van der Waals surface area contributed by atoms with Gasteiger partial charge in [-0.05, 0) is 35.6 Å². The number of amides is 2. The Labute approximate surface area is 136 Å². The number of rotatable bonds is 5. The van der Waals surface area contributed by atoms with Crippen LogP contribution in [0.15, 0.2) is 47.1 Å². The molecular weight excluding hydrogens is 292 g/mol. The maximum Gasteiger partial charge on any atom is 0.315 e. The lowest BCUT2D eigenvalue weighted by Crippen LogP contribution is -2.42. The van der Waals surface area contributed by atoms with Gasteiger partial charge in [-0.25, -0.2) is 4.79 Å². The highest BCUT2D eigenvalue weighted by molar-refractivity contribution is 5.75. The van der Waals surface area contributed by atoms with E-state index in [2.05, 4.69) is 29.7 Å². The van der Waals surface area contributed by atoms with E-state index in [1.54, 1.807) is 19.4 Å². The molecule has 0 radical (unpaired) electrons. The van der Waals surface area contributed by atoms with Crippen molar-refractivity contribution >= 4 is 6.03 Å². The first-order chi connectivity index (χ1) is 11.2. The van der Waals surface area contributed by atoms with Crippen molar-refractivity contribution in [2.45, 2.75) is 25.4 Å². The fourth-order valence-electron chi connectivity index (χ4n) is 3.21. The largest absolute Gasteiger partial charge is 0.467 e. The molecule has 2 aromatic rings. The van der Waals surface area contributed by atoms with E-state index in [0.717, 1.165) is 6.42 Å². The second-order valence-corrected chi connectivity index (χ2v) is 6.00. The number of furan rings is 1. The van der Waals surface area contributed by atoms with Gasteiger partial charge in [0.05, 0.1) is 18.9 Å². The van der Waals surface area contributed by atoms with Crippen LogP contribution in [0, 0.1) is 5.92 Å². The van der Waals surface area contributed by atoms with E-state index in [0.29, 0.717) is 18.3 Å². The van der Waals surface area contributed by atoms with Crippen LogP contribution >= 0.6 is 0 Å². The van der Waals surface area contributed by atoms with Crippen LogP contribution in [0.2, 0.25) is 0 Å². The number of carbonyl (C=O) groups is 1. The van der Waals surface area contributed by atoms with Crippen molar-refractivity contribution in [1.29, 1.82) is 0 Å². The Morgan fingerprint density at radius 2 is 2.17 bits per heavy atom. The number of hydrogen-bond acceptors (Lipinski definition) is 3. The van der Waals surface area contributed by atoms with Gasteiger partial charge in [-0.1, -0.05) is 31.2 Å².